The number of carbonyl (C=O) groups excluding carboxylic acids is 1. The minimum atomic E-state index is -0.425. The number of hydrogen-bond donors (Lipinski definition) is 2. The Kier molecular flexibility index (Phi) is 6.00. The molecule has 4 nitrogen and oxygen atoms in total. The van der Waals surface area contributed by atoms with E-state index in [9.17, 15) is 10.1 Å². The molecule has 0 unspecified atom stereocenters. The number of nitrogens with one attached hydrogen (secondary N) is 2. The van der Waals surface area contributed by atoms with E-state index in [0.717, 1.165) is 22.4 Å². The number of nitriles is 1. The maximum Gasteiger partial charge on any atom is 0.263 e. The summed E-state index contributed by atoms with van der Waals surface area (Å²) >= 11 is 5.82. The molecule has 0 fully saturated rings. The highest BCUT2D eigenvalue weighted by molar-refractivity contribution is 6.30. The van der Waals surface area contributed by atoms with Crippen LogP contribution in [0.15, 0.2) is 54.2 Å². The molecule has 0 saturated carbocycles. The summed E-state index contributed by atoms with van der Waals surface area (Å²) in [5.74, 6) is -0.425. The van der Waals surface area contributed by atoms with Crippen molar-refractivity contribution in [3.8, 4) is 6.07 Å². The molecule has 0 aliphatic rings. The van der Waals surface area contributed by atoms with Crippen molar-refractivity contribution in [2.75, 3.05) is 5.32 Å². The van der Waals surface area contributed by atoms with Crippen molar-refractivity contribution < 1.29 is 4.79 Å². The standard InChI is InChI=1S/C19H18ClN3O/c1-13-4-3-5-14(2)18(13)22-12-16(10-21)19(24)23-11-15-6-8-17(20)9-7-15/h3-9,12,22H,11H2,1-2H3,(H,23,24)/b16-12-. The molecule has 122 valence electrons. The number of anilines is 1. The number of halogens is 1. The average molecular weight is 340 g/mol. The fourth-order valence-electron chi connectivity index (χ4n) is 2.21. The molecule has 2 aromatic rings. The lowest BCUT2D eigenvalue weighted by molar-refractivity contribution is -0.117. The number of hydrogen-bond acceptors (Lipinski definition) is 3. The maximum absolute atomic E-state index is 12.1. The highest BCUT2D eigenvalue weighted by Crippen LogP contribution is 2.19. The first-order valence-electron chi connectivity index (χ1n) is 7.47. The van der Waals surface area contributed by atoms with E-state index in [0.29, 0.717) is 11.6 Å². The van der Waals surface area contributed by atoms with E-state index in [1.807, 2.05) is 50.2 Å². The summed E-state index contributed by atoms with van der Waals surface area (Å²) in [4.78, 5) is 12.1. The van der Waals surface area contributed by atoms with Gasteiger partial charge in [0.05, 0.1) is 0 Å². The van der Waals surface area contributed by atoms with Crippen molar-refractivity contribution in [2.45, 2.75) is 20.4 Å². The SMILES string of the molecule is Cc1cccc(C)c1N/C=C(/C#N)C(=O)NCc1ccc(Cl)cc1. The Labute approximate surface area is 146 Å². The number of aryl methyl sites for hydroxylation is 2. The second kappa shape index (κ2) is 8.19. The van der Waals surface area contributed by atoms with Gasteiger partial charge in [0.2, 0.25) is 0 Å². The van der Waals surface area contributed by atoms with Gasteiger partial charge in [-0.3, -0.25) is 4.79 Å². The van der Waals surface area contributed by atoms with Gasteiger partial charge in [-0.05, 0) is 42.7 Å². The lowest BCUT2D eigenvalue weighted by Gasteiger charge is -2.10. The van der Waals surface area contributed by atoms with Crippen LogP contribution in [0.5, 0.6) is 0 Å². The van der Waals surface area contributed by atoms with Crippen molar-refractivity contribution >= 4 is 23.2 Å². The summed E-state index contributed by atoms with van der Waals surface area (Å²) < 4.78 is 0. The van der Waals surface area contributed by atoms with Gasteiger partial charge in [0.15, 0.2) is 0 Å². The third-order valence-corrected chi connectivity index (χ3v) is 3.83. The van der Waals surface area contributed by atoms with Gasteiger partial charge >= 0.3 is 0 Å². The molecule has 1 amide bonds. The molecule has 0 saturated heterocycles. The molecule has 0 spiro atoms. The topological polar surface area (TPSA) is 64.9 Å². The molecular formula is C19H18ClN3O. The van der Waals surface area contributed by atoms with Crippen molar-refractivity contribution in [1.29, 1.82) is 5.26 Å². The minimum Gasteiger partial charge on any atom is -0.360 e. The van der Waals surface area contributed by atoms with Gasteiger partial charge < -0.3 is 10.6 Å². The fourth-order valence-corrected chi connectivity index (χ4v) is 2.34. The molecule has 2 N–H and O–H groups in total. The third-order valence-electron chi connectivity index (χ3n) is 3.57. The molecule has 0 aromatic heterocycles. The molecule has 2 rings (SSSR count). The van der Waals surface area contributed by atoms with Crippen LogP contribution in [0.25, 0.3) is 0 Å². The Morgan fingerprint density at radius 3 is 2.38 bits per heavy atom. The van der Waals surface area contributed by atoms with Gasteiger partial charge in [-0.2, -0.15) is 5.26 Å². The molecule has 0 atom stereocenters. The number of nitrogens with zero attached hydrogens (tertiary/aromatic N) is 1. The third kappa shape index (κ3) is 4.61. The van der Waals surface area contributed by atoms with E-state index < -0.39 is 5.91 Å². The summed E-state index contributed by atoms with van der Waals surface area (Å²) in [6, 6.07) is 15.0. The van der Waals surface area contributed by atoms with Gasteiger partial charge in [0.25, 0.3) is 5.91 Å². The first kappa shape index (κ1) is 17.6. The Morgan fingerprint density at radius 1 is 1.17 bits per heavy atom. The normalized spacial score (nSPS) is 10.8. The molecule has 5 heteroatoms. The average Bonchev–Trinajstić information content (AvgIpc) is 2.57. The summed E-state index contributed by atoms with van der Waals surface area (Å²) in [6.07, 6.45) is 1.44. The monoisotopic (exact) mass is 339 g/mol. The first-order chi connectivity index (χ1) is 11.5. The number of amides is 1. The second-order valence-corrected chi connectivity index (χ2v) is 5.83. The summed E-state index contributed by atoms with van der Waals surface area (Å²) in [5, 5.41) is 15.6. The zero-order valence-electron chi connectivity index (χ0n) is 13.6. The zero-order valence-corrected chi connectivity index (χ0v) is 14.3. The quantitative estimate of drug-likeness (QED) is 0.637. The van der Waals surface area contributed by atoms with Crippen LogP contribution < -0.4 is 10.6 Å². The van der Waals surface area contributed by atoms with Crippen LogP contribution in [-0.4, -0.2) is 5.91 Å². The zero-order chi connectivity index (χ0) is 17.5. The van der Waals surface area contributed by atoms with Gasteiger partial charge in [0.1, 0.15) is 11.6 Å². The Morgan fingerprint density at radius 2 is 1.79 bits per heavy atom. The molecule has 0 aliphatic heterocycles. The van der Waals surface area contributed by atoms with E-state index in [-0.39, 0.29) is 5.57 Å². The summed E-state index contributed by atoms with van der Waals surface area (Å²) in [7, 11) is 0. The van der Waals surface area contributed by atoms with Crippen LogP contribution in [0.2, 0.25) is 5.02 Å². The van der Waals surface area contributed by atoms with E-state index in [1.54, 1.807) is 12.1 Å². The smallest absolute Gasteiger partial charge is 0.263 e. The summed E-state index contributed by atoms with van der Waals surface area (Å²) in [6.45, 7) is 4.27. The number of carbonyl (C=O) groups is 1. The predicted molar refractivity (Wildman–Crippen MR) is 96.5 cm³/mol. The van der Waals surface area contributed by atoms with Crippen LogP contribution in [-0.2, 0) is 11.3 Å². The van der Waals surface area contributed by atoms with Crippen molar-refractivity contribution in [3.63, 3.8) is 0 Å². The molecule has 2 aromatic carbocycles. The highest BCUT2D eigenvalue weighted by atomic mass is 35.5. The van der Waals surface area contributed by atoms with E-state index in [4.69, 9.17) is 11.6 Å². The molecule has 24 heavy (non-hydrogen) atoms. The Bertz CT molecular complexity index is 784. The minimum absolute atomic E-state index is 0.0200. The van der Waals surface area contributed by atoms with E-state index in [2.05, 4.69) is 10.6 Å². The van der Waals surface area contributed by atoms with Crippen LogP contribution in [0.4, 0.5) is 5.69 Å². The fraction of sp³-hybridized carbons (Fsp3) is 0.158. The van der Waals surface area contributed by atoms with E-state index >= 15 is 0 Å². The maximum atomic E-state index is 12.1. The predicted octanol–water partition coefficient (Wildman–Crippen LogP) is 4.09. The van der Waals surface area contributed by atoms with Crippen LogP contribution in [0.1, 0.15) is 16.7 Å². The Hall–Kier alpha value is -2.77. The molecule has 0 bridgehead atoms. The van der Waals surface area contributed by atoms with E-state index in [1.165, 1.54) is 6.20 Å². The van der Waals surface area contributed by atoms with Gasteiger partial charge in [-0.15, -0.1) is 0 Å². The van der Waals surface area contributed by atoms with Crippen molar-refractivity contribution in [3.05, 3.63) is 76.0 Å². The molecule has 0 aliphatic carbocycles. The summed E-state index contributed by atoms with van der Waals surface area (Å²) in [5.41, 5.74) is 3.92. The largest absolute Gasteiger partial charge is 0.360 e. The lowest BCUT2D eigenvalue weighted by atomic mass is 10.1. The van der Waals surface area contributed by atoms with Gasteiger partial charge in [-0.25, -0.2) is 0 Å². The number of benzene rings is 2. The first-order valence-corrected chi connectivity index (χ1v) is 7.84. The number of rotatable bonds is 5. The number of para-hydroxylation sites is 1. The van der Waals surface area contributed by atoms with Gasteiger partial charge in [-0.1, -0.05) is 41.9 Å². The van der Waals surface area contributed by atoms with Crippen molar-refractivity contribution in [2.24, 2.45) is 0 Å². The Balaban J connectivity index is 2.03. The second-order valence-electron chi connectivity index (χ2n) is 5.39. The molecule has 0 heterocycles. The highest BCUT2D eigenvalue weighted by Gasteiger charge is 2.09. The van der Waals surface area contributed by atoms with Crippen LogP contribution in [0.3, 0.4) is 0 Å². The molecular weight excluding hydrogens is 322 g/mol. The van der Waals surface area contributed by atoms with Gasteiger partial charge in [0, 0.05) is 23.5 Å². The lowest BCUT2D eigenvalue weighted by Crippen LogP contribution is -2.24. The molecule has 0 radical (unpaired) electrons. The van der Waals surface area contributed by atoms with Crippen LogP contribution in [0, 0.1) is 25.2 Å². The van der Waals surface area contributed by atoms with Crippen molar-refractivity contribution in [1.82, 2.24) is 5.32 Å². The van der Waals surface area contributed by atoms with Crippen LogP contribution >= 0.6 is 11.6 Å².